The lowest BCUT2D eigenvalue weighted by molar-refractivity contribution is -0.140. The second kappa shape index (κ2) is 10.0. The Bertz CT molecular complexity index is 589. The van der Waals surface area contributed by atoms with Crippen LogP contribution in [-0.2, 0) is 14.3 Å². The van der Waals surface area contributed by atoms with Crippen molar-refractivity contribution in [2.45, 2.75) is 39.5 Å². The Labute approximate surface area is 168 Å². The predicted octanol–water partition coefficient (Wildman–Crippen LogP) is 1.56. The molecule has 4 atom stereocenters. The molecule has 7 nitrogen and oxygen atoms in total. The highest BCUT2D eigenvalue weighted by atomic mass is 16.5. The van der Waals surface area contributed by atoms with Crippen LogP contribution in [0.2, 0.25) is 0 Å². The Morgan fingerprint density at radius 1 is 1.11 bits per heavy atom. The summed E-state index contributed by atoms with van der Waals surface area (Å²) in [6, 6.07) is 0. The molecule has 1 heterocycles. The number of aliphatic imine (C=N–C) groups is 1. The summed E-state index contributed by atoms with van der Waals surface area (Å²) >= 11 is 0. The molecule has 0 aromatic heterocycles. The Morgan fingerprint density at radius 2 is 1.82 bits per heavy atom. The number of imide groups is 1. The molecule has 156 valence electrons. The number of nitrogens with zero attached hydrogens (tertiary/aromatic N) is 2. The normalized spacial score (nSPS) is 28.4. The van der Waals surface area contributed by atoms with Crippen LogP contribution in [0.3, 0.4) is 0 Å². The van der Waals surface area contributed by atoms with E-state index in [9.17, 15) is 9.59 Å². The first kappa shape index (κ1) is 20.8. The Morgan fingerprint density at radius 3 is 2.46 bits per heavy atom. The van der Waals surface area contributed by atoms with Crippen LogP contribution in [0.15, 0.2) is 17.1 Å². The van der Waals surface area contributed by atoms with Gasteiger partial charge >= 0.3 is 0 Å². The smallest absolute Gasteiger partial charge is 0.233 e. The first-order chi connectivity index (χ1) is 13.7. The molecule has 0 spiro atoms. The SMILES string of the molecule is CCNC(=NCCCN1C(=O)C2C3C=CC(C3)C2C1=O)NCCCCOCC. The summed E-state index contributed by atoms with van der Waals surface area (Å²) in [4.78, 5) is 31.4. The number of carbonyl (C=O) groups excluding carboxylic acids is 2. The van der Waals surface area contributed by atoms with Crippen LogP contribution in [-0.4, -0.2) is 62.1 Å². The van der Waals surface area contributed by atoms with Gasteiger partial charge in [0.05, 0.1) is 11.8 Å². The zero-order valence-corrected chi connectivity index (χ0v) is 17.2. The second-order valence-corrected chi connectivity index (χ2v) is 7.77. The van der Waals surface area contributed by atoms with Gasteiger partial charge < -0.3 is 15.4 Å². The van der Waals surface area contributed by atoms with Gasteiger partial charge in [-0.2, -0.15) is 0 Å². The molecule has 0 aromatic carbocycles. The van der Waals surface area contributed by atoms with Crippen LogP contribution in [0.4, 0.5) is 0 Å². The van der Waals surface area contributed by atoms with E-state index in [1.165, 1.54) is 4.90 Å². The first-order valence-corrected chi connectivity index (χ1v) is 10.8. The number of hydrogen-bond acceptors (Lipinski definition) is 4. The molecule has 1 aliphatic heterocycles. The largest absolute Gasteiger partial charge is 0.382 e. The lowest BCUT2D eigenvalue weighted by Crippen LogP contribution is -2.38. The molecule has 3 rings (SSSR count). The molecule has 2 amide bonds. The molecule has 2 bridgehead atoms. The van der Waals surface area contributed by atoms with Crippen molar-refractivity contribution in [2.24, 2.45) is 28.7 Å². The van der Waals surface area contributed by atoms with Gasteiger partial charge in [-0.05, 0) is 51.4 Å². The maximum Gasteiger partial charge on any atom is 0.233 e. The zero-order chi connectivity index (χ0) is 19.9. The van der Waals surface area contributed by atoms with Gasteiger partial charge in [-0.15, -0.1) is 0 Å². The van der Waals surface area contributed by atoms with Crippen molar-refractivity contribution in [1.29, 1.82) is 0 Å². The summed E-state index contributed by atoms with van der Waals surface area (Å²) in [6.07, 6.45) is 7.99. The highest BCUT2D eigenvalue weighted by Crippen LogP contribution is 2.52. The molecule has 4 unspecified atom stereocenters. The van der Waals surface area contributed by atoms with Gasteiger partial charge in [0.2, 0.25) is 11.8 Å². The van der Waals surface area contributed by atoms with Crippen molar-refractivity contribution in [3.63, 3.8) is 0 Å². The number of amides is 2. The predicted molar refractivity (Wildman–Crippen MR) is 109 cm³/mol. The highest BCUT2D eigenvalue weighted by Gasteiger charge is 2.58. The number of hydrogen-bond donors (Lipinski definition) is 2. The minimum atomic E-state index is -0.0957. The van der Waals surface area contributed by atoms with E-state index in [-0.39, 0.29) is 35.5 Å². The molecule has 1 saturated heterocycles. The van der Waals surface area contributed by atoms with E-state index in [1.54, 1.807) is 0 Å². The van der Waals surface area contributed by atoms with Crippen molar-refractivity contribution in [1.82, 2.24) is 15.5 Å². The number of likely N-dealkylation sites (tertiary alicyclic amines) is 1. The van der Waals surface area contributed by atoms with Gasteiger partial charge in [0.25, 0.3) is 0 Å². The average Bonchev–Trinajstić information content (AvgIpc) is 3.36. The highest BCUT2D eigenvalue weighted by molar-refractivity contribution is 6.06. The number of ether oxygens (including phenoxy) is 1. The molecule has 28 heavy (non-hydrogen) atoms. The van der Waals surface area contributed by atoms with Gasteiger partial charge in [-0.25, -0.2) is 0 Å². The van der Waals surface area contributed by atoms with Gasteiger partial charge in [0.1, 0.15) is 0 Å². The number of fused-ring (bicyclic) bond motifs is 5. The molecule has 0 aromatic rings. The third-order valence-electron chi connectivity index (χ3n) is 5.93. The van der Waals surface area contributed by atoms with Gasteiger partial charge in [0.15, 0.2) is 5.96 Å². The topological polar surface area (TPSA) is 83.0 Å². The molecule has 0 radical (unpaired) electrons. The summed E-state index contributed by atoms with van der Waals surface area (Å²) in [5.74, 6) is 1.23. The average molecular weight is 391 g/mol. The number of guanidine groups is 1. The Balaban J connectivity index is 1.39. The van der Waals surface area contributed by atoms with Crippen molar-refractivity contribution in [3.05, 3.63) is 12.2 Å². The van der Waals surface area contributed by atoms with Gasteiger partial charge in [-0.1, -0.05) is 12.2 Å². The van der Waals surface area contributed by atoms with E-state index >= 15 is 0 Å². The third kappa shape index (κ3) is 4.57. The third-order valence-corrected chi connectivity index (χ3v) is 5.93. The van der Waals surface area contributed by atoms with E-state index in [2.05, 4.69) is 27.8 Å². The molecule has 3 aliphatic rings. The van der Waals surface area contributed by atoms with E-state index < -0.39 is 0 Å². The van der Waals surface area contributed by atoms with Crippen LogP contribution in [0, 0.1) is 23.7 Å². The number of rotatable bonds is 11. The second-order valence-electron chi connectivity index (χ2n) is 7.77. The molecule has 2 fully saturated rings. The van der Waals surface area contributed by atoms with E-state index in [4.69, 9.17) is 4.74 Å². The fourth-order valence-corrected chi connectivity index (χ4v) is 4.63. The zero-order valence-electron chi connectivity index (χ0n) is 17.2. The maximum absolute atomic E-state index is 12.7. The quantitative estimate of drug-likeness (QED) is 0.184. The van der Waals surface area contributed by atoms with Crippen molar-refractivity contribution in [2.75, 3.05) is 39.4 Å². The minimum absolute atomic E-state index is 0.0372. The first-order valence-electron chi connectivity index (χ1n) is 10.8. The van der Waals surface area contributed by atoms with E-state index in [0.717, 1.165) is 51.5 Å². The lowest BCUT2D eigenvalue weighted by Gasteiger charge is -2.17. The molecular formula is C21H34N4O3. The fraction of sp³-hybridized carbons (Fsp3) is 0.762. The summed E-state index contributed by atoms with van der Waals surface area (Å²) in [5.41, 5.74) is 0. The van der Waals surface area contributed by atoms with Crippen LogP contribution >= 0.6 is 0 Å². The molecule has 2 N–H and O–H groups in total. The lowest BCUT2D eigenvalue weighted by atomic mass is 9.85. The van der Waals surface area contributed by atoms with Crippen LogP contribution in [0.5, 0.6) is 0 Å². The summed E-state index contributed by atoms with van der Waals surface area (Å²) in [6.45, 7) is 8.31. The standard InChI is InChI=1S/C21H34N4O3/c1-3-22-21(23-10-5-6-13-28-4-2)24-11-7-12-25-19(26)17-15-8-9-16(14-15)18(17)20(25)27/h8-9,15-18H,3-7,10-14H2,1-2H3,(H2,22,23,24). The van der Waals surface area contributed by atoms with Crippen molar-refractivity contribution in [3.8, 4) is 0 Å². The Hall–Kier alpha value is -1.89. The van der Waals surface area contributed by atoms with E-state index in [1.807, 2.05) is 13.8 Å². The summed E-state index contributed by atoms with van der Waals surface area (Å²) < 4.78 is 5.34. The molecule has 1 saturated carbocycles. The maximum atomic E-state index is 12.7. The summed E-state index contributed by atoms with van der Waals surface area (Å²) in [7, 11) is 0. The molecular weight excluding hydrogens is 356 g/mol. The Kier molecular flexibility index (Phi) is 7.48. The number of nitrogens with one attached hydrogen (secondary N) is 2. The molecule has 7 heteroatoms. The van der Waals surface area contributed by atoms with Crippen molar-refractivity contribution < 1.29 is 14.3 Å². The number of unbranched alkanes of at least 4 members (excludes halogenated alkanes) is 1. The van der Waals surface area contributed by atoms with Crippen molar-refractivity contribution >= 4 is 17.8 Å². The number of carbonyl (C=O) groups is 2. The van der Waals surface area contributed by atoms with Gasteiger partial charge in [-0.3, -0.25) is 19.5 Å². The summed E-state index contributed by atoms with van der Waals surface area (Å²) in [5, 5.41) is 6.56. The monoisotopic (exact) mass is 390 g/mol. The fourth-order valence-electron chi connectivity index (χ4n) is 4.63. The van der Waals surface area contributed by atoms with Crippen LogP contribution < -0.4 is 10.6 Å². The molecule has 2 aliphatic carbocycles. The van der Waals surface area contributed by atoms with Crippen LogP contribution in [0.25, 0.3) is 0 Å². The number of allylic oxidation sites excluding steroid dienone is 2. The van der Waals surface area contributed by atoms with E-state index in [0.29, 0.717) is 19.5 Å². The van der Waals surface area contributed by atoms with Gasteiger partial charge in [0, 0.05) is 39.4 Å². The van der Waals surface area contributed by atoms with Crippen LogP contribution in [0.1, 0.15) is 39.5 Å². The minimum Gasteiger partial charge on any atom is -0.382 e.